The van der Waals surface area contributed by atoms with Gasteiger partial charge in [0, 0.05) is 41.6 Å². The largest absolute Gasteiger partial charge is 0.378 e. The molecule has 4 rings (SSSR count). The van der Waals surface area contributed by atoms with Crippen LogP contribution in [0.4, 0.5) is 5.69 Å². The summed E-state index contributed by atoms with van der Waals surface area (Å²) in [4.78, 5) is 20.7. The van der Waals surface area contributed by atoms with Gasteiger partial charge in [0.05, 0.1) is 24.9 Å². The van der Waals surface area contributed by atoms with E-state index in [0.29, 0.717) is 13.2 Å². The third kappa shape index (κ3) is 3.34. The van der Waals surface area contributed by atoms with Crippen LogP contribution in [0.25, 0.3) is 11.3 Å². The number of rotatable bonds is 4. The first-order valence-electron chi connectivity index (χ1n) is 8.48. The zero-order chi connectivity index (χ0) is 17.9. The second kappa shape index (κ2) is 7.05. The van der Waals surface area contributed by atoms with E-state index in [1.165, 1.54) is 4.68 Å². The molecule has 1 saturated heterocycles. The minimum absolute atomic E-state index is 0.0466. The maximum absolute atomic E-state index is 12.4. The third-order valence-corrected chi connectivity index (χ3v) is 4.41. The first kappa shape index (κ1) is 16.4. The first-order chi connectivity index (χ1) is 12.7. The van der Waals surface area contributed by atoms with Crippen molar-refractivity contribution in [1.82, 2.24) is 19.7 Å². The highest BCUT2D eigenvalue weighted by Crippen LogP contribution is 2.23. The van der Waals surface area contributed by atoms with E-state index in [4.69, 9.17) is 4.74 Å². The molecule has 2 atom stereocenters. The van der Waals surface area contributed by atoms with Crippen molar-refractivity contribution in [3.05, 3.63) is 71.0 Å². The number of hydrogen-bond donors (Lipinski definition) is 1. The van der Waals surface area contributed by atoms with Crippen LogP contribution in [0.3, 0.4) is 0 Å². The van der Waals surface area contributed by atoms with E-state index in [1.54, 1.807) is 30.7 Å². The Kier molecular flexibility index (Phi) is 4.45. The number of ether oxygens (including phenoxy) is 1. The van der Waals surface area contributed by atoms with E-state index in [2.05, 4.69) is 20.4 Å². The zero-order valence-electron chi connectivity index (χ0n) is 14.4. The monoisotopic (exact) mass is 349 g/mol. The molecule has 0 saturated carbocycles. The predicted octanol–water partition coefficient (Wildman–Crippen LogP) is 2.06. The van der Waals surface area contributed by atoms with E-state index in [-0.39, 0.29) is 17.6 Å². The van der Waals surface area contributed by atoms with Crippen LogP contribution in [0.15, 0.2) is 59.8 Å². The lowest BCUT2D eigenvalue weighted by Crippen LogP contribution is -2.37. The van der Waals surface area contributed by atoms with Gasteiger partial charge < -0.3 is 10.1 Å². The fourth-order valence-electron chi connectivity index (χ4n) is 3.11. The summed E-state index contributed by atoms with van der Waals surface area (Å²) >= 11 is 0. The van der Waals surface area contributed by atoms with Crippen molar-refractivity contribution in [3.8, 4) is 11.3 Å². The average Bonchev–Trinajstić information content (AvgIpc) is 3.11. The first-order valence-corrected chi connectivity index (χ1v) is 8.48. The molecular weight excluding hydrogens is 330 g/mol. The van der Waals surface area contributed by atoms with Crippen LogP contribution in [0.5, 0.6) is 0 Å². The topological polar surface area (TPSA) is 81.9 Å². The van der Waals surface area contributed by atoms with Crippen molar-refractivity contribution in [1.29, 1.82) is 0 Å². The Morgan fingerprint density at radius 3 is 2.77 bits per heavy atom. The van der Waals surface area contributed by atoms with E-state index < -0.39 is 0 Å². The van der Waals surface area contributed by atoms with Gasteiger partial charge in [-0.05, 0) is 37.3 Å². The van der Waals surface area contributed by atoms with Gasteiger partial charge >= 0.3 is 0 Å². The summed E-state index contributed by atoms with van der Waals surface area (Å²) in [6, 6.07) is 10.7. The molecule has 2 unspecified atom stereocenters. The summed E-state index contributed by atoms with van der Waals surface area (Å²) in [5.74, 6) is 0. The van der Waals surface area contributed by atoms with Crippen molar-refractivity contribution in [2.75, 3.05) is 18.5 Å². The number of hydrogen-bond acceptors (Lipinski definition) is 6. The highest BCUT2D eigenvalue weighted by Gasteiger charge is 2.31. The second-order valence-corrected chi connectivity index (χ2v) is 6.28. The fraction of sp³-hybridized carbons (Fsp3) is 0.263. The van der Waals surface area contributed by atoms with Crippen molar-refractivity contribution in [2.45, 2.75) is 19.0 Å². The van der Waals surface area contributed by atoms with Crippen LogP contribution in [0, 0.1) is 6.92 Å². The lowest BCUT2D eigenvalue weighted by atomic mass is 10.1. The number of anilines is 1. The predicted molar refractivity (Wildman–Crippen MR) is 98.0 cm³/mol. The van der Waals surface area contributed by atoms with Gasteiger partial charge in [-0.15, -0.1) is 0 Å². The highest BCUT2D eigenvalue weighted by atomic mass is 16.5. The Labute approximate surface area is 150 Å². The number of nitrogens with zero attached hydrogens (tertiary/aromatic N) is 4. The molecule has 0 aliphatic carbocycles. The normalized spacial score (nSPS) is 19.4. The average molecular weight is 349 g/mol. The van der Waals surface area contributed by atoms with Gasteiger partial charge in [-0.1, -0.05) is 0 Å². The lowest BCUT2D eigenvalue weighted by molar-refractivity contribution is 0.183. The molecule has 0 spiro atoms. The fourth-order valence-corrected chi connectivity index (χ4v) is 3.11. The minimum Gasteiger partial charge on any atom is -0.378 e. The van der Waals surface area contributed by atoms with Gasteiger partial charge in [-0.2, -0.15) is 5.10 Å². The summed E-state index contributed by atoms with van der Waals surface area (Å²) in [6.45, 7) is 2.89. The van der Waals surface area contributed by atoms with Crippen molar-refractivity contribution in [2.24, 2.45) is 0 Å². The van der Waals surface area contributed by atoms with E-state index in [9.17, 15) is 4.79 Å². The summed E-state index contributed by atoms with van der Waals surface area (Å²) in [7, 11) is 0. The van der Waals surface area contributed by atoms with E-state index in [1.807, 2.05) is 31.2 Å². The second-order valence-electron chi connectivity index (χ2n) is 6.28. The van der Waals surface area contributed by atoms with Crippen molar-refractivity contribution < 1.29 is 4.74 Å². The van der Waals surface area contributed by atoms with Crippen molar-refractivity contribution in [3.63, 3.8) is 0 Å². The smallest absolute Gasteiger partial charge is 0.267 e. The van der Waals surface area contributed by atoms with Crippen LogP contribution in [-0.4, -0.2) is 39.0 Å². The number of aryl methyl sites for hydroxylation is 1. The molecule has 1 aliphatic heterocycles. The van der Waals surface area contributed by atoms with Gasteiger partial charge in [0.25, 0.3) is 5.56 Å². The molecule has 1 fully saturated rings. The van der Waals surface area contributed by atoms with Gasteiger partial charge in [0.2, 0.25) is 0 Å². The maximum atomic E-state index is 12.4. The molecule has 3 aromatic heterocycles. The number of pyridine rings is 2. The Balaban J connectivity index is 1.64. The molecular formula is C19H19N5O2. The minimum atomic E-state index is -0.183. The summed E-state index contributed by atoms with van der Waals surface area (Å²) in [5, 5.41) is 8.02. The molecule has 3 aromatic rings. The standard InChI is InChI=1S/C19H19N5O2/c1-13-10-15(6-9-21-13)22-17-11-26-12-18(17)24-19(25)3-2-16(23-24)14-4-7-20-8-5-14/h2-10,17-18H,11-12H2,1H3,(H,21,22). The molecule has 1 N–H and O–H groups in total. The third-order valence-electron chi connectivity index (χ3n) is 4.41. The number of nitrogens with one attached hydrogen (secondary N) is 1. The lowest BCUT2D eigenvalue weighted by Gasteiger charge is -2.21. The Bertz CT molecular complexity index is 957. The molecule has 0 aromatic carbocycles. The van der Waals surface area contributed by atoms with Crippen LogP contribution in [-0.2, 0) is 4.74 Å². The van der Waals surface area contributed by atoms with Crippen LogP contribution >= 0.6 is 0 Å². The highest BCUT2D eigenvalue weighted by molar-refractivity contribution is 5.57. The molecule has 7 nitrogen and oxygen atoms in total. The maximum Gasteiger partial charge on any atom is 0.267 e. The summed E-state index contributed by atoms with van der Waals surface area (Å²) in [6.07, 6.45) is 5.18. The quantitative estimate of drug-likeness (QED) is 0.776. The Morgan fingerprint density at radius 1 is 1.12 bits per heavy atom. The number of aromatic nitrogens is 4. The van der Waals surface area contributed by atoms with E-state index in [0.717, 1.165) is 22.6 Å². The van der Waals surface area contributed by atoms with Crippen LogP contribution in [0.1, 0.15) is 11.7 Å². The summed E-state index contributed by atoms with van der Waals surface area (Å²) in [5.41, 5.74) is 3.40. The van der Waals surface area contributed by atoms with Gasteiger partial charge in [-0.25, -0.2) is 4.68 Å². The van der Waals surface area contributed by atoms with E-state index >= 15 is 0 Å². The van der Waals surface area contributed by atoms with Gasteiger partial charge in [-0.3, -0.25) is 14.8 Å². The molecule has 0 bridgehead atoms. The summed E-state index contributed by atoms with van der Waals surface area (Å²) < 4.78 is 7.16. The zero-order valence-corrected chi connectivity index (χ0v) is 14.4. The molecule has 1 aliphatic rings. The Morgan fingerprint density at radius 2 is 1.96 bits per heavy atom. The molecule has 0 radical (unpaired) electrons. The van der Waals surface area contributed by atoms with Crippen LogP contribution in [0.2, 0.25) is 0 Å². The van der Waals surface area contributed by atoms with Gasteiger partial charge in [0.15, 0.2) is 0 Å². The molecule has 26 heavy (non-hydrogen) atoms. The molecule has 0 amide bonds. The molecule has 4 heterocycles. The van der Waals surface area contributed by atoms with Crippen LogP contribution < -0.4 is 10.9 Å². The molecule has 132 valence electrons. The van der Waals surface area contributed by atoms with Gasteiger partial charge in [0.1, 0.15) is 6.04 Å². The SMILES string of the molecule is Cc1cc(NC2COCC2n2nc(-c3ccncc3)ccc2=O)ccn1. The van der Waals surface area contributed by atoms with Crippen molar-refractivity contribution >= 4 is 5.69 Å². The molecule has 7 heteroatoms. The Hall–Kier alpha value is -3.06.